The Hall–Kier alpha value is 0.180. The van der Waals surface area contributed by atoms with Crippen molar-refractivity contribution in [2.24, 2.45) is 5.92 Å². The Kier molecular flexibility index (Phi) is 6.58. The summed E-state index contributed by atoms with van der Waals surface area (Å²) in [6, 6.07) is 0.733. The predicted molar refractivity (Wildman–Crippen MR) is 71.3 cm³/mol. The Bertz CT molecular complexity index is 183. The third-order valence-electron chi connectivity index (χ3n) is 3.40. The highest BCUT2D eigenvalue weighted by Crippen LogP contribution is 2.28. The van der Waals surface area contributed by atoms with E-state index in [-0.39, 0.29) is 0 Å². The summed E-state index contributed by atoms with van der Waals surface area (Å²) >= 11 is 3.39. The first-order chi connectivity index (χ1) is 7.22. The molecule has 0 aliphatic heterocycles. The van der Waals surface area contributed by atoms with Crippen LogP contribution in [-0.4, -0.2) is 12.6 Å². The molecule has 1 rings (SSSR count). The van der Waals surface area contributed by atoms with Crippen LogP contribution in [0.5, 0.6) is 0 Å². The topological polar surface area (TPSA) is 12.0 Å². The third-order valence-corrected chi connectivity index (χ3v) is 3.68. The van der Waals surface area contributed by atoms with Crippen LogP contribution in [-0.2, 0) is 0 Å². The van der Waals surface area contributed by atoms with Crippen molar-refractivity contribution in [3.63, 3.8) is 0 Å². The molecular formula is C13H24BrN. The number of hydrogen-bond acceptors (Lipinski definition) is 1. The second-order valence-corrected chi connectivity index (χ2v) is 5.88. The molecule has 0 unspecified atom stereocenters. The molecule has 1 aliphatic rings. The Balaban J connectivity index is 2.09. The van der Waals surface area contributed by atoms with Crippen LogP contribution in [0.25, 0.3) is 0 Å². The molecular weight excluding hydrogens is 250 g/mol. The molecule has 0 aromatic carbocycles. The lowest BCUT2D eigenvalue weighted by atomic mass is 9.83. The average molecular weight is 274 g/mol. The fraction of sp³-hybridized carbons (Fsp3) is 0.846. The van der Waals surface area contributed by atoms with Gasteiger partial charge in [0.2, 0.25) is 0 Å². The maximum absolute atomic E-state index is 3.85. The maximum Gasteiger partial charge on any atom is 0.0268 e. The van der Waals surface area contributed by atoms with Crippen LogP contribution < -0.4 is 5.32 Å². The molecule has 0 radical (unpaired) electrons. The van der Waals surface area contributed by atoms with Crippen LogP contribution in [0.3, 0.4) is 0 Å². The van der Waals surface area contributed by atoms with E-state index in [1.165, 1.54) is 44.9 Å². The number of unbranched alkanes of at least 4 members (excludes halogenated alkanes) is 1. The van der Waals surface area contributed by atoms with Gasteiger partial charge in [-0.15, -0.1) is 0 Å². The fourth-order valence-electron chi connectivity index (χ4n) is 2.40. The highest BCUT2D eigenvalue weighted by atomic mass is 79.9. The predicted octanol–water partition coefficient (Wildman–Crippen LogP) is 4.23. The lowest BCUT2D eigenvalue weighted by Gasteiger charge is -2.29. The zero-order valence-corrected chi connectivity index (χ0v) is 11.5. The van der Waals surface area contributed by atoms with Gasteiger partial charge in [-0.2, -0.15) is 0 Å². The van der Waals surface area contributed by atoms with Gasteiger partial charge in [0.25, 0.3) is 0 Å². The minimum absolute atomic E-state index is 0.733. The van der Waals surface area contributed by atoms with Gasteiger partial charge in [-0.1, -0.05) is 48.7 Å². The average Bonchev–Trinajstić information content (AvgIpc) is 2.25. The van der Waals surface area contributed by atoms with E-state index >= 15 is 0 Å². The van der Waals surface area contributed by atoms with Gasteiger partial charge in [0.15, 0.2) is 0 Å². The van der Waals surface area contributed by atoms with E-state index in [9.17, 15) is 0 Å². The maximum atomic E-state index is 3.85. The van der Waals surface area contributed by atoms with E-state index in [2.05, 4.69) is 34.7 Å². The van der Waals surface area contributed by atoms with Crippen molar-refractivity contribution in [1.82, 2.24) is 5.32 Å². The summed E-state index contributed by atoms with van der Waals surface area (Å²) in [5, 5.41) is 3.55. The molecule has 1 N–H and O–H groups in total. The van der Waals surface area contributed by atoms with E-state index < -0.39 is 0 Å². The second-order valence-electron chi connectivity index (χ2n) is 4.76. The minimum atomic E-state index is 0.733. The molecule has 0 bridgehead atoms. The van der Waals surface area contributed by atoms with Crippen molar-refractivity contribution in [2.45, 2.75) is 57.9 Å². The lowest BCUT2D eigenvalue weighted by molar-refractivity contribution is 0.280. The summed E-state index contributed by atoms with van der Waals surface area (Å²) in [6.07, 6.45) is 9.78. The van der Waals surface area contributed by atoms with Gasteiger partial charge in [0, 0.05) is 17.1 Å². The molecule has 0 aromatic heterocycles. The molecule has 2 heteroatoms. The van der Waals surface area contributed by atoms with Crippen molar-refractivity contribution in [3.05, 3.63) is 11.1 Å². The normalized spacial score (nSPS) is 26.5. The number of nitrogens with one attached hydrogen (secondary N) is 1. The Morgan fingerprint density at radius 2 is 2.00 bits per heavy atom. The largest absolute Gasteiger partial charge is 0.309 e. The summed E-state index contributed by atoms with van der Waals surface area (Å²) < 4.78 is 1.07. The molecule has 1 nitrogen and oxygen atoms in total. The molecule has 1 aliphatic carbocycles. The van der Waals surface area contributed by atoms with Crippen molar-refractivity contribution >= 4 is 15.9 Å². The third kappa shape index (κ3) is 5.72. The number of rotatable bonds is 6. The van der Waals surface area contributed by atoms with Crippen molar-refractivity contribution in [3.8, 4) is 0 Å². The van der Waals surface area contributed by atoms with Gasteiger partial charge in [-0.25, -0.2) is 0 Å². The van der Waals surface area contributed by atoms with Crippen molar-refractivity contribution < 1.29 is 0 Å². The minimum Gasteiger partial charge on any atom is -0.309 e. The van der Waals surface area contributed by atoms with Gasteiger partial charge < -0.3 is 5.32 Å². The first-order valence-electron chi connectivity index (χ1n) is 6.29. The van der Waals surface area contributed by atoms with Gasteiger partial charge in [-0.05, 0) is 31.6 Å². The smallest absolute Gasteiger partial charge is 0.0268 e. The molecule has 0 atom stereocenters. The molecule has 15 heavy (non-hydrogen) atoms. The summed E-state index contributed by atoms with van der Waals surface area (Å²) in [7, 11) is 0. The second kappa shape index (κ2) is 7.45. The van der Waals surface area contributed by atoms with E-state index in [0.29, 0.717) is 0 Å². The van der Waals surface area contributed by atoms with E-state index in [4.69, 9.17) is 0 Å². The summed E-state index contributed by atoms with van der Waals surface area (Å²) in [6.45, 7) is 7.06. The number of hydrogen-bond donors (Lipinski definition) is 1. The SMILES string of the molecule is C=C(Br)CNC1CCC(CCCC)CC1. The molecule has 1 fully saturated rings. The fourth-order valence-corrected chi connectivity index (χ4v) is 2.56. The van der Waals surface area contributed by atoms with E-state index in [1.807, 2.05) is 0 Å². The Morgan fingerprint density at radius 3 is 2.53 bits per heavy atom. The highest BCUT2D eigenvalue weighted by Gasteiger charge is 2.19. The van der Waals surface area contributed by atoms with Gasteiger partial charge in [0.05, 0.1) is 0 Å². The summed E-state index contributed by atoms with van der Waals surface area (Å²) in [5.74, 6) is 1.01. The highest BCUT2D eigenvalue weighted by molar-refractivity contribution is 9.11. The van der Waals surface area contributed by atoms with Crippen molar-refractivity contribution in [1.29, 1.82) is 0 Å². The molecule has 88 valence electrons. The first kappa shape index (κ1) is 13.2. The first-order valence-corrected chi connectivity index (χ1v) is 7.08. The van der Waals surface area contributed by atoms with Crippen LogP contribution in [0.1, 0.15) is 51.9 Å². The van der Waals surface area contributed by atoms with Gasteiger partial charge in [0.1, 0.15) is 0 Å². The van der Waals surface area contributed by atoms with Crippen molar-refractivity contribution in [2.75, 3.05) is 6.54 Å². The quantitative estimate of drug-likeness (QED) is 0.764. The summed E-state index contributed by atoms with van der Waals surface area (Å²) in [5.41, 5.74) is 0. The molecule has 0 spiro atoms. The Labute approximate surface area is 103 Å². The van der Waals surface area contributed by atoms with E-state index in [1.54, 1.807) is 0 Å². The summed E-state index contributed by atoms with van der Waals surface area (Å²) in [4.78, 5) is 0. The standard InChI is InChI=1S/C13H24BrN/c1-3-4-5-12-6-8-13(9-7-12)15-10-11(2)14/h12-13,15H,2-10H2,1H3. The molecule has 0 amide bonds. The van der Waals surface area contributed by atoms with Gasteiger partial charge >= 0.3 is 0 Å². The van der Waals surface area contributed by atoms with Crippen LogP contribution in [0.4, 0.5) is 0 Å². The van der Waals surface area contributed by atoms with E-state index in [0.717, 1.165) is 23.0 Å². The molecule has 0 aromatic rings. The van der Waals surface area contributed by atoms with Crippen LogP contribution in [0, 0.1) is 5.92 Å². The van der Waals surface area contributed by atoms with Crippen LogP contribution in [0.15, 0.2) is 11.1 Å². The zero-order chi connectivity index (χ0) is 11.1. The zero-order valence-electron chi connectivity index (χ0n) is 9.90. The van der Waals surface area contributed by atoms with Gasteiger partial charge in [-0.3, -0.25) is 0 Å². The Morgan fingerprint density at radius 1 is 1.33 bits per heavy atom. The lowest BCUT2D eigenvalue weighted by Crippen LogP contribution is -2.33. The number of halogens is 1. The molecule has 0 heterocycles. The van der Waals surface area contributed by atoms with Crippen LogP contribution >= 0.6 is 15.9 Å². The molecule has 1 saturated carbocycles. The monoisotopic (exact) mass is 273 g/mol. The van der Waals surface area contributed by atoms with Crippen LogP contribution in [0.2, 0.25) is 0 Å². The molecule has 0 saturated heterocycles.